The summed E-state index contributed by atoms with van der Waals surface area (Å²) in [4.78, 5) is 23.6. The number of benzene rings is 5. The zero-order valence-electron chi connectivity index (χ0n) is 33.8. The molecule has 1 aliphatic heterocycles. The summed E-state index contributed by atoms with van der Waals surface area (Å²) in [5.41, 5.74) is 7.68. The third kappa shape index (κ3) is 10.4. The summed E-state index contributed by atoms with van der Waals surface area (Å²) in [6, 6.07) is 34.6. The largest absolute Gasteiger partial charge is 0.378 e. The Bertz CT molecular complexity index is 2660. The van der Waals surface area contributed by atoms with Gasteiger partial charge in [0.15, 0.2) is 5.82 Å². The fourth-order valence-electron chi connectivity index (χ4n) is 8.00. The van der Waals surface area contributed by atoms with Crippen molar-refractivity contribution in [2.24, 2.45) is 5.92 Å². The van der Waals surface area contributed by atoms with E-state index in [4.69, 9.17) is 16.3 Å². The van der Waals surface area contributed by atoms with E-state index in [-0.39, 0.29) is 28.1 Å². The van der Waals surface area contributed by atoms with E-state index in [1.807, 2.05) is 37.3 Å². The Morgan fingerprint density at radius 3 is 2.48 bits per heavy atom. The highest BCUT2D eigenvalue weighted by molar-refractivity contribution is 7.99. The van der Waals surface area contributed by atoms with Gasteiger partial charge in [0.1, 0.15) is 12.0 Å². The van der Waals surface area contributed by atoms with Crippen molar-refractivity contribution in [3.63, 3.8) is 0 Å². The first kappa shape index (κ1) is 42.2. The number of sulfonamides is 1. The molecule has 314 valence electrons. The van der Waals surface area contributed by atoms with Crippen LogP contribution < -0.4 is 14.9 Å². The molecule has 1 unspecified atom stereocenters. The molecule has 8 rings (SSSR count). The van der Waals surface area contributed by atoms with Gasteiger partial charge in [0.2, 0.25) is 0 Å². The predicted octanol–water partition coefficient (Wildman–Crippen LogP) is 10.9. The molecule has 6 aromatic rings. The Balaban J connectivity index is 0.890. The zero-order chi connectivity index (χ0) is 42.3. The number of nitrogens with one attached hydrogen (secondary N) is 2. The molecule has 0 bridgehead atoms. The van der Waals surface area contributed by atoms with Crippen LogP contribution in [0.15, 0.2) is 131 Å². The molecule has 14 heteroatoms. The van der Waals surface area contributed by atoms with Crippen LogP contribution in [-0.2, 0) is 21.2 Å². The minimum Gasteiger partial charge on any atom is -0.378 e. The maximum Gasteiger partial charge on any atom is 0.293 e. The lowest BCUT2D eigenvalue weighted by Crippen LogP contribution is -2.36. The van der Waals surface area contributed by atoms with Crippen LogP contribution in [0.3, 0.4) is 0 Å². The lowest BCUT2D eigenvalue weighted by molar-refractivity contribution is -0.384. The van der Waals surface area contributed by atoms with Crippen LogP contribution in [0.25, 0.3) is 27.6 Å². The molecule has 11 nitrogen and oxygen atoms in total. The minimum absolute atomic E-state index is 0.0975. The SMILES string of the molecule is C[C@H](CCSc1ccc(N2CCOCC2)cc1)Nc1ccc(S(=O)(=O)Nc2ncnc3cc(C4=CCC(Cc5ccccc5-c5ccc(Cl)cc5)CC4)ccc23)cc1[N+](=O)[O-]. The summed E-state index contributed by atoms with van der Waals surface area (Å²) in [5.74, 6) is 1.40. The van der Waals surface area contributed by atoms with Crippen LogP contribution in [-0.4, -0.2) is 61.4 Å². The van der Waals surface area contributed by atoms with Crippen LogP contribution in [0.1, 0.15) is 43.7 Å². The number of morpholine rings is 1. The number of nitro benzene ring substituents is 1. The third-order valence-corrected chi connectivity index (χ3v) is 14.0. The van der Waals surface area contributed by atoms with Gasteiger partial charge in [-0.3, -0.25) is 14.8 Å². The van der Waals surface area contributed by atoms with Crippen molar-refractivity contribution in [3.8, 4) is 11.1 Å². The van der Waals surface area contributed by atoms with Gasteiger partial charge in [-0.05, 0) is 139 Å². The number of fused-ring (bicyclic) bond motifs is 1. The number of thioether (sulfide) groups is 1. The molecule has 2 aliphatic rings. The number of anilines is 3. The average molecular weight is 876 g/mol. The van der Waals surface area contributed by atoms with E-state index in [9.17, 15) is 18.5 Å². The first-order chi connectivity index (χ1) is 29.6. The second-order valence-corrected chi connectivity index (χ2v) is 18.8. The first-order valence-corrected chi connectivity index (χ1v) is 23.4. The van der Waals surface area contributed by atoms with E-state index in [1.165, 1.54) is 40.8 Å². The third-order valence-electron chi connectivity index (χ3n) is 11.3. The van der Waals surface area contributed by atoms with Gasteiger partial charge in [-0.1, -0.05) is 60.1 Å². The Kier molecular flexibility index (Phi) is 13.2. The molecule has 0 amide bonds. The normalized spacial score (nSPS) is 16.2. The van der Waals surface area contributed by atoms with Gasteiger partial charge in [-0.15, -0.1) is 11.8 Å². The summed E-state index contributed by atoms with van der Waals surface area (Å²) < 4.78 is 35.4. The molecule has 0 saturated carbocycles. The molecule has 2 N–H and O–H groups in total. The molecule has 1 saturated heterocycles. The number of halogens is 1. The van der Waals surface area contributed by atoms with Crippen LogP contribution in [0, 0.1) is 16.0 Å². The van der Waals surface area contributed by atoms with E-state index < -0.39 is 14.9 Å². The van der Waals surface area contributed by atoms with E-state index in [1.54, 1.807) is 11.8 Å². The molecule has 1 aliphatic carbocycles. The number of hydrogen-bond acceptors (Lipinski definition) is 10. The van der Waals surface area contributed by atoms with Crippen molar-refractivity contribution in [2.75, 3.05) is 47.0 Å². The molecule has 2 heterocycles. The quantitative estimate of drug-likeness (QED) is 0.0582. The number of allylic oxidation sites excluding steroid dienone is 2. The topological polar surface area (TPSA) is 140 Å². The van der Waals surface area contributed by atoms with Gasteiger partial charge in [-0.25, -0.2) is 18.4 Å². The second kappa shape index (κ2) is 19.1. The highest BCUT2D eigenvalue weighted by Crippen LogP contribution is 2.37. The van der Waals surface area contributed by atoms with E-state index in [2.05, 4.69) is 91.6 Å². The highest BCUT2D eigenvalue weighted by Gasteiger charge is 2.24. The number of rotatable bonds is 15. The van der Waals surface area contributed by atoms with Gasteiger partial charge < -0.3 is 15.0 Å². The van der Waals surface area contributed by atoms with Crippen molar-refractivity contribution in [3.05, 3.63) is 148 Å². The fraction of sp³-hybridized carbons (Fsp3) is 0.277. The molecule has 2 atom stereocenters. The molecule has 0 spiro atoms. The lowest BCUT2D eigenvalue weighted by Gasteiger charge is -2.28. The molecule has 1 fully saturated rings. The highest BCUT2D eigenvalue weighted by atomic mass is 35.5. The van der Waals surface area contributed by atoms with E-state index in [0.29, 0.717) is 16.8 Å². The summed E-state index contributed by atoms with van der Waals surface area (Å²) in [6.07, 6.45) is 8.24. The predicted molar refractivity (Wildman–Crippen MR) is 247 cm³/mol. The fourth-order valence-corrected chi connectivity index (χ4v) is 10.2. The van der Waals surface area contributed by atoms with Crippen LogP contribution in [0.5, 0.6) is 0 Å². The Morgan fingerprint density at radius 2 is 1.72 bits per heavy atom. The van der Waals surface area contributed by atoms with Crippen LogP contribution in [0.4, 0.5) is 22.9 Å². The number of aromatic nitrogens is 2. The van der Waals surface area contributed by atoms with Crippen LogP contribution in [0.2, 0.25) is 5.02 Å². The Hall–Kier alpha value is -5.47. The lowest BCUT2D eigenvalue weighted by atomic mass is 9.82. The van der Waals surface area contributed by atoms with Gasteiger partial charge in [0, 0.05) is 46.2 Å². The molecule has 61 heavy (non-hydrogen) atoms. The summed E-state index contributed by atoms with van der Waals surface area (Å²) in [5, 5.41) is 16.7. The van der Waals surface area contributed by atoms with E-state index in [0.717, 1.165) is 91.3 Å². The standard InChI is InChI=1S/C47H47ClN6O5S2/c1-32(22-27-60-40-17-15-39(16-18-40)53-23-25-59-26-24-53)51-44-21-19-41(30-46(44)54(55)56)61(57,58)52-47-43-20-12-36(29-45(43)49-31-50-47)34-8-6-33(7-9-34)28-37-4-2-3-5-42(37)35-10-13-38(48)14-11-35/h2-5,8,10-21,29-33,51H,6-7,9,22-28H2,1H3,(H,49,50,52)/t32-,33?/m1/s1. The van der Waals surface area contributed by atoms with Gasteiger partial charge in [0.25, 0.3) is 15.7 Å². The van der Waals surface area contributed by atoms with Crippen molar-refractivity contribution < 1.29 is 18.1 Å². The molecule has 5 aromatic carbocycles. The molecule has 1 aromatic heterocycles. The second-order valence-electron chi connectivity index (χ2n) is 15.5. The maximum atomic E-state index is 13.7. The van der Waals surface area contributed by atoms with Gasteiger partial charge in [-0.2, -0.15) is 0 Å². The Labute approximate surface area is 365 Å². The van der Waals surface area contributed by atoms with Crippen molar-refractivity contribution in [2.45, 2.75) is 54.9 Å². The monoisotopic (exact) mass is 874 g/mol. The minimum atomic E-state index is -4.25. The first-order valence-electron chi connectivity index (χ1n) is 20.5. The Morgan fingerprint density at radius 1 is 0.951 bits per heavy atom. The summed E-state index contributed by atoms with van der Waals surface area (Å²) in [7, 11) is -4.25. The summed E-state index contributed by atoms with van der Waals surface area (Å²) >= 11 is 7.87. The number of nitro groups is 1. The smallest absolute Gasteiger partial charge is 0.293 e. The molecular formula is C47H47ClN6O5S2. The van der Waals surface area contributed by atoms with Gasteiger partial charge in [0.05, 0.1) is 28.5 Å². The summed E-state index contributed by atoms with van der Waals surface area (Å²) in [6.45, 7) is 5.20. The van der Waals surface area contributed by atoms with Gasteiger partial charge >= 0.3 is 0 Å². The zero-order valence-corrected chi connectivity index (χ0v) is 36.2. The van der Waals surface area contributed by atoms with E-state index >= 15 is 0 Å². The maximum absolute atomic E-state index is 13.7. The number of nitrogens with zero attached hydrogens (tertiary/aromatic N) is 4. The molecular weight excluding hydrogens is 828 g/mol. The number of hydrogen-bond donors (Lipinski definition) is 2. The number of ether oxygens (including phenoxy) is 1. The van der Waals surface area contributed by atoms with Crippen molar-refractivity contribution in [1.82, 2.24) is 9.97 Å². The average Bonchev–Trinajstić information content (AvgIpc) is 3.27. The molecule has 0 radical (unpaired) electrons. The van der Waals surface area contributed by atoms with Crippen LogP contribution >= 0.6 is 23.4 Å². The van der Waals surface area contributed by atoms with Crippen molar-refractivity contribution in [1.29, 1.82) is 0 Å². The van der Waals surface area contributed by atoms with Crippen molar-refractivity contribution >= 4 is 72.7 Å².